The largest absolute Gasteiger partial charge is 0.399 e. The molecule has 8 heteroatoms. The highest BCUT2D eigenvalue weighted by Crippen LogP contribution is 2.35. The van der Waals surface area contributed by atoms with Gasteiger partial charge in [-0.2, -0.15) is 0 Å². The molecule has 2 aromatic carbocycles. The van der Waals surface area contributed by atoms with Crippen molar-refractivity contribution < 1.29 is 13.2 Å². The fourth-order valence-electron chi connectivity index (χ4n) is 2.95. The van der Waals surface area contributed by atoms with E-state index >= 15 is 0 Å². The van der Waals surface area contributed by atoms with Gasteiger partial charge in [-0.15, -0.1) is 0 Å². The topological polar surface area (TPSA) is 105 Å². The Bertz CT molecular complexity index is 1030. The van der Waals surface area contributed by atoms with Crippen LogP contribution in [-0.4, -0.2) is 27.1 Å². The lowest BCUT2D eigenvalue weighted by Crippen LogP contribution is -2.27. The number of hydrogen-bond acceptors (Lipinski definition) is 5. The van der Waals surface area contributed by atoms with Crippen LogP contribution in [0, 0.1) is 0 Å². The molecule has 0 fully saturated rings. The van der Waals surface area contributed by atoms with Crippen LogP contribution in [0.25, 0.3) is 5.57 Å². The van der Waals surface area contributed by atoms with Crippen LogP contribution in [0.15, 0.2) is 48.2 Å². The first-order chi connectivity index (χ1) is 12.7. The third kappa shape index (κ3) is 3.61. The maximum absolute atomic E-state index is 12.3. The molecule has 2 aromatic rings. The average molecular weight is 386 g/mol. The van der Waals surface area contributed by atoms with Crippen LogP contribution in [-0.2, 0) is 14.8 Å². The van der Waals surface area contributed by atoms with Gasteiger partial charge < -0.3 is 16.4 Å². The van der Waals surface area contributed by atoms with Crippen LogP contribution in [0.1, 0.15) is 19.4 Å². The van der Waals surface area contributed by atoms with Crippen LogP contribution in [0.3, 0.4) is 0 Å². The minimum Gasteiger partial charge on any atom is -0.399 e. The predicted octanol–water partition coefficient (Wildman–Crippen LogP) is 2.85. The first-order valence-electron chi connectivity index (χ1n) is 8.48. The second kappa shape index (κ2) is 6.96. The van der Waals surface area contributed by atoms with Gasteiger partial charge in [0.1, 0.15) is 0 Å². The van der Waals surface area contributed by atoms with E-state index in [2.05, 4.69) is 10.6 Å². The van der Waals surface area contributed by atoms with Gasteiger partial charge in [-0.3, -0.25) is 9.10 Å². The highest BCUT2D eigenvalue weighted by atomic mass is 32.2. The smallest absolute Gasteiger partial charge is 0.258 e. The summed E-state index contributed by atoms with van der Waals surface area (Å²) in [6.45, 7) is 3.42. The maximum atomic E-state index is 12.3. The van der Waals surface area contributed by atoms with Gasteiger partial charge in [-0.05, 0) is 56.3 Å². The van der Waals surface area contributed by atoms with Gasteiger partial charge in [0.25, 0.3) is 5.91 Å². The molecular formula is C19H22N4O3S. The number of fused-ring (bicyclic) bond motifs is 1. The van der Waals surface area contributed by atoms with Crippen molar-refractivity contribution in [3.8, 4) is 0 Å². The number of nitrogens with two attached hydrogens (primary N) is 1. The van der Waals surface area contributed by atoms with E-state index in [1.54, 1.807) is 49.4 Å². The second-order valence-electron chi connectivity index (χ2n) is 6.30. The van der Waals surface area contributed by atoms with Crippen LogP contribution < -0.4 is 20.7 Å². The zero-order valence-corrected chi connectivity index (χ0v) is 16.2. The lowest BCUT2D eigenvalue weighted by atomic mass is 10.0. The van der Waals surface area contributed by atoms with Crippen LogP contribution in [0.2, 0.25) is 0 Å². The number of nitrogens with zero attached hydrogens (tertiary/aromatic N) is 1. The zero-order chi connectivity index (χ0) is 19.8. The quantitative estimate of drug-likeness (QED) is 0.541. The number of carbonyl (C=O) groups excluding carboxylic acids is 1. The van der Waals surface area contributed by atoms with E-state index in [9.17, 15) is 13.2 Å². The zero-order valence-electron chi connectivity index (χ0n) is 15.4. The highest BCUT2D eigenvalue weighted by molar-refractivity contribution is 7.92. The molecule has 0 aromatic heterocycles. The number of carbonyl (C=O) groups is 1. The predicted molar refractivity (Wildman–Crippen MR) is 110 cm³/mol. The molecule has 7 nitrogen and oxygen atoms in total. The summed E-state index contributed by atoms with van der Waals surface area (Å²) in [5, 5.41) is 6.03. The number of amides is 1. The lowest BCUT2D eigenvalue weighted by molar-refractivity contribution is -0.110. The van der Waals surface area contributed by atoms with Crippen molar-refractivity contribution in [2.75, 3.05) is 33.5 Å². The molecule has 27 heavy (non-hydrogen) atoms. The first kappa shape index (κ1) is 18.8. The molecule has 4 N–H and O–H groups in total. The summed E-state index contributed by atoms with van der Waals surface area (Å²) >= 11 is 0. The number of nitrogens with one attached hydrogen (secondary N) is 2. The first-order valence-corrected chi connectivity index (χ1v) is 10.1. The normalized spacial score (nSPS) is 15.1. The van der Waals surface area contributed by atoms with Crippen molar-refractivity contribution in [2.24, 2.45) is 0 Å². The standard InChI is InChI=1S/C19H22N4O3S/c1-4-27(25,26)23(3)15-8-6-14(7-9-15)21-12(2)18-16-11-13(20)5-10-17(16)22-19(18)24/h5-11,21H,4,20H2,1-3H3,(H,22,24). The molecule has 0 unspecified atom stereocenters. The van der Waals surface area contributed by atoms with E-state index in [1.807, 2.05) is 6.92 Å². The molecule has 0 atom stereocenters. The number of anilines is 4. The van der Waals surface area contributed by atoms with Crippen LogP contribution >= 0.6 is 0 Å². The van der Waals surface area contributed by atoms with Gasteiger partial charge in [-0.1, -0.05) is 0 Å². The van der Waals surface area contributed by atoms with Gasteiger partial charge in [0.15, 0.2) is 0 Å². The molecule has 0 bridgehead atoms. The number of allylic oxidation sites excluding steroid dienone is 1. The Labute approximate surface area is 158 Å². The van der Waals surface area contributed by atoms with E-state index in [4.69, 9.17) is 5.73 Å². The molecule has 0 spiro atoms. The summed E-state index contributed by atoms with van der Waals surface area (Å²) in [6, 6.07) is 12.3. The molecule has 0 radical (unpaired) electrons. The molecule has 0 aliphatic carbocycles. The fourth-order valence-corrected chi connectivity index (χ4v) is 3.78. The van der Waals surface area contributed by atoms with Crippen molar-refractivity contribution >= 4 is 44.3 Å². The molecular weight excluding hydrogens is 364 g/mol. The van der Waals surface area contributed by atoms with Gasteiger partial charge in [0.2, 0.25) is 10.0 Å². The van der Waals surface area contributed by atoms with Crippen molar-refractivity contribution in [1.29, 1.82) is 0 Å². The Morgan fingerprint density at radius 1 is 1.19 bits per heavy atom. The van der Waals surface area contributed by atoms with Crippen LogP contribution in [0.4, 0.5) is 22.7 Å². The summed E-state index contributed by atoms with van der Waals surface area (Å²) in [4.78, 5) is 12.3. The van der Waals surface area contributed by atoms with Gasteiger partial charge in [0, 0.05) is 35.4 Å². The Balaban J connectivity index is 1.87. The third-order valence-electron chi connectivity index (χ3n) is 4.51. The molecule has 1 aliphatic heterocycles. The Morgan fingerprint density at radius 3 is 2.48 bits per heavy atom. The van der Waals surface area contributed by atoms with Crippen LogP contribution in [0.5, 0.6) is 0 Å². The number of rotatable bonds is 5. The van der Waals surface area contributed by atoms with Gasteiger partial charge >= 0.3 is 0 Å². The Kier molecular flexibility index (Phi) is 4.84. The molecule has 3 rings (SSSR count). The molecule has 0 saturated heterocycles. The molecule has 1 amide bonds. The highest BCUT2D eigenvalue weighted by Gasteiger charge is 2.26. The summed E-state index contributed by atoms with van der Waals surface area (Å²) < 4.78 is 25.2. The SMILES string of the molecule is CCS(=O)(=O)N(C)c1ccc(NC(C)=C2C(=O)Nc3ccc(N)cc32)cc1. The molecule has 142 valence electrons. The fraction of sp³-hybridized carbons (Fsp3) is 0.211. The third-order valence-corrected chi connectivity index (χ3v) is 6.28. The van der Waals surface area contributed by atoms with E-state index < -0.39 is 10.0 Å². The van der Waals surface area contributed by atoms with Crippen molar-refractivity contribution in [2.45, 2.75) is 13.8 Å². The summed E-state index contributed by atoms with van der Waals surface area (Å²) in [5.74, 6) is -0.155. The van der Waals surface area contributed by atoms with Crippen molar-refractivity contribution in [3.05, 3.63) is 53.7 Å². The summed E-state index contributed by atoms with van der Waals surface area (Å²) in [7, 11) is -1.78. The Morgan fingerprint density at radius 2 is 1.85 bits per heavy atom. The number of sulfonamides is 1. The Hall–Kier alpha value is -3.00. The van der Waals surface area contributed by atoms with E-state index in [1.165, 1.54) is 11.4 Å². The van der Waals surface area contributed by atoms with E-state index in [0.717, 1.165) is 16.9 Å². The molecule has 1 aliphatic rings. The maximum Gasteiger partial charge on any atom is 0.258 e. The average Bonchev–Trinajstić information content (AvgIpc) is 2.96. The van der Waals surface area contributed by atoms with Gasteiger partial charge in [0.05, 0.1) is 17.0 Å². The number of benzene rings is 2. The van der Waals surface area contributed by atoms with Gasteiger partial charge in [-0.25, -0.2) is 8.42 Å². The van der Waals surface area contributed by atoms with Crippen molar-refractivity contribution in [3.63, 3.8) is 0 Å². The summed E-state index contributed by atoms with van der Waals surface area (Å²) in [6.07, 6.45) is 0. The number of nitrogen functional groups attached to an aromatic ring is 1. The minimum absolute atomic E-state index is 0.0341. The van der Waals surface area contributed by atoms with E-state index in [-0.39, 0.29) is 11.7 Å². The minimum atomic E-state index is -3.31. The summed E-state index contributed by atoms with van der Waals surface area (Å²) in [5.41, 5.74) is 10.5. The van der Waals surface area contributed by atoms with Crippen molar-refractivity contribution in [1.82, 2.24) is 0 Å². The monoisotopic (exact) mass is 386 g/mol. The molecule has 1 heterocycles. The molecule has 0 saturated carbocycles. The van der Waals surface area contributed by atoms with E-state index in [0.29, 0.717) is 22.6 Å². The lowest BCUT2D eigenvalue weighted by Gasteiger charge is -2.19. The number of hydrogen-bond donors (Lipinski definition) is 3. The second-order valence-corrected chi connectivity index (χ2v) is 8.59.